The number of aliphatic hydroxyl groups is 1. The lowest BCUT2D eigenvalue weighted by Gasteiger charge is -2.27. The molecule has 0 aliphatic carbocycles. The van der Waals surface area contributed by atoms with Crippen molar-refractivity contribution in [3.8, 4) is 0 Å². The van der Waals surface area contributed by atoms with Crippen LogP contribution in [-0.4, -0.2) is 23.6 Å². The molecule has 1 aromatic carbocycles. The minimum Gasteiger partial charge on any atom is -0.392 e. The molecular weight excluding hydrogens is 317 g/mol. The Labute approximate surface area is 114 Å². The largest absolute Gasteiger partial charge is 0.403 e. The first-order chi connectivity index (χ1) is 8.93. The summed E-state index contributed by atoms with van der Waals surface area (Å²) >= 11 is 5.47. The van der Waals surface area contributed by atoms with E-state index in [0.29, 0.717) is 0 Å². The van der Waals surface area contributed by atoms with Crippen LogP contribution in [0.5, 0.6) is 0 Å². The van der Waals surface area contributed by atoms with Gasteiger partial charge in [0.2, 0.25) is 0 Å². The third kappa shape index (κ3) is 4.24. The van der Waals surface area contributed by atoms with E-state index in [0.717, 1.165) is 18.2 Å². The maximum absolute atomic E-state index is 13.3. The van der Waals surface area contributed by atoms with Crippen molar-refractivity contribution in [2.24, 2.45) is 5.92 Å². The molecule has 0 saturated heterocycles. The van der Waals surface area contributed by atoms with Crippen molar-refractivity contribution in [2.45, 2.75) is 24.9 Å². The molecule has 0 bridgehead atoms. The molecule has 0 amide bonds. The van der Waals surface area contributed by atoms with Crippen LogP contribution in [0.15, 0.2) is 18.2 Å². The Hall–Kier alpha value is -1.02. The number of aliphatic hydroxyl groups excluding tert-OH is 1. The summed E-state index contributed by atoms with van der Waals surface area (Å²) in [5.74, 6) is -5.00. The van der Waals surface area contributed by atoms with E-state index >= 15 is 0 Å². The van der Waals surface area contributed by atoms with Crippen LogP contribution in [0.4, 0.5) is 30.7 Å². The van der Waals surface area contributed by atoms with Gasteiger partial charge in [-0.1, -0.05) is 11.6 Å². The average Bonchev–Trinajstić information content (AvgIpc) is 2.18. The molecule has 0 aliphatic heterocycles. The zero-order valence-corrected chi connectivity index (χ0v) is 10.3. The maximum Gasteiger partial charge on any atom is 0.403 e. The van der Waals surface area contributed by atoms with E-state index in [1.807, 2.05) is 0 Å². The van der Waals surface area contributed by atoms with Crippen molar-refractivity contribution in [2.75, 3.05) is 0 Å². The van der Waals surface area contributed by atoms with Crippen molar-refractivity contribution in [3.05, 3.63) is 34.6 Å². The third-order valence-corrected chi connectivity index (χ3v) is 2.76. The molecule has 0 saturated carbocycles. The zero-order chi connectivity index (χ0) is 15.7. The van der Waals surface area contributed by atoms with Crippen molar-refractivity contribution < 1.29 is 35.8 Å². The van der Waals surface area contributed by atoms with E-state index in [9.17, 15) is 35.8 Å². The van der Waals surface area contributed by atoms with Gasteiger partial charge in [-0.15, -0.1) is 0 Å². The fraction of sp³-hybridized carbons (Fsp3) is 0.455. The minimum absolute atomic E-state index is 0.0656. The van der Waals surface area contributed by atoms with Crippen molar-refractivity contribution in [1.29, 1.82) is 0 Å². The van der Waals surface area contributed by atoms with E-state index in [4.69, 9.17) is 11.6 Å². The van der Waals surface area contributed by atoms with Gasteiger partial charge in [-0.3, -0.25) is 0 Å². The highest BCUT2D eigenvalue weighted by atomic mass is 35.5. The lowest BCUT2D eigenvalue weighted by Crippen LogP contribution is -2.45. The van der Waals surface area contributed by atoms with E-state index in [-0.39, 0.29) is 5.02 Å². The topological polar surface area (TPSA) is 20.2 Å². The van der Waals surface area contributed by atoms with Crippen LogP contribution in [0, 0.1) is 11.7 Å². The molecule has 0 aliphatic rings. The predicted octanol–water partition coefficient (Wildman–Crippen LogP) is 4.12. The van der Waals surface area contributed by atoms with E-state index in [1.165, 1.54) is 0 Å². The molecule has 1 N–H and O–H groups in total. The SMILES string of the molecule is OC(Cc1cc(Cl)ccc1F)C(C(F)(F)F)C(F)(F)F. The number of hydrogen-bond acceptors (Lipinski definition) is 1. The van der Waals surface area contributed by atoms with Crippen LogP contribution in [0.2, 0.25) is 5.02 Å². The summed E-state index contributed by atoms with van der Waals surface area (Å²) in [6.45, 7) is 0. The second kappa shape index (κ2) is 5.77. The Kier molecular flexibility index (Phi) is 4.91. The van der Waals surface area contributed by atoms with Crippen LogP contribution < -0.4 is 0 Å². The molecule has 0 heterocycles. The van der Waals surface area contributed by atoms with Crippen LogP contribution in [0.25, 0.3) is 0 Å². The quantitative estimate of drug-likeness (QED) is 0.829. The van der Waals surface area contributed by atoms with Gasteiger partial charge in [0.25, 0.3) is 0 Å². The summed E-state index contributed by atoms with van der Waals surface area (Å²) in [6, 6.07) is 2.74. The molecular formula is C11H8ClF7O. The van der Waals surface area contributed by atoms with E-state index < -0.39 is 42.2 Å². The molecule has 1 aromatic rings. The van der Waals surface area contributed by atoms with Crippen LogP contribution in [0.1, 0.15) is 5.56 Å². The normalized spacial score (nSPS) is 14.7. The Morgan fingerprint density at radius 1 is 1.05 bits per heavy atom. The van der Waals surface area contributed by atoms with Gasteiger partial charge >= 0.3 is 12.4 Å². The summed E-state index contributed by atoms with van der Waals surface area (Å²) in [5, 5.41) is 9.13. The Morgan fingerprint density at radius 3 is 2.00 bits per heavy atom. The lowest BCUT2D eigenvalue weighted by atomic mass is 9.94. The van der Waals surface area contributed by atoms with Gasteiger partial charge in [0.1, 0.15) is 5.82 Å². The molecule has 0 fully saturated rings. The summed E-state index contributed by atoms with van der Waals surface area (Å²) in [4.78, 5) is 0. The number of benzene rings is 1. The first-order valence-electron chi connectivity index (χ1n) is 5.18. The monoisotopic (exact) mass is 324 g/mol. The molecule has 0 radical (unpaired) electrons. The molecule has 0 spiro atoms. The zero-order valence-electron chi connectivity index (χ0n) is 9.56. The van der Waals surface area contributed by atoms with Crippen molar-refractivity contribution >= 4 is 11.6 Å². The first kappa shape index (κ1) is 17.0. The van der Waals surface area contributed by atoms with Crippen molar-refractivity contribution in [1.82, 2.24) is 0 Å². The summed E-state index contributed by atoms with van der Waals surface area (Å²) in [6.07, 6.45) is -15.4. The molecule has 0 aromatic heterocycles. The van der Waals surface area contributed by atoms with Crippen LogP contribution >= 0.6 is 11.6 Å². The predicted molar refractivity (Wildman–Crippen MR) is 56.7 cm³/mol. The highest BCUT2D eigenvalue weighted by molar-refractivity contribution is 6.30. The second-order valence-electron chi connectivity index (χ2n) is 4.07. The Balaban J connectivity index is 3.03. The molecule has 1 rings (SSSR count). The number of hydrogen-bond donors (Lipinski definition) is 1. The van der Waals surface area contributed by atoms with E-state index in [2.05, 4.69) is 0 Å². The lowest BCUT2D eigenvalue weighted by molar-refractivity contribution is -0.305. The van der Waals surface area contributed by atoms with Crippen LogP contribution in [-0.2, 0) is 6.42 Å². The Bertz CT molecular complexity index is 455. The van der Waals surface area contributed by atoms with E-state index in [1.54, 1.807) is 0 Å². The highest BCUT2D eigenvalue weighted by Crippen LogP contribution is 2.42. The minimum atomic E-state index is -5.69. The molecule has 114 valence electrons. The number of rotatable bonds is 3. The van der Waals surface area contributed by atoms with Gasteiger partial charge in [0.15, 0.2) is 5.92 Å². The van der Waals surface area contributed by atoms with Gasteiger partial charge in [0.05, 0.1) is 6.10 Å². The maximum atomic E-state index is 13.3. The van der Waals surface area contributed by atoms with Gasteiger partial charge < -0.3 is 5.11 Å². The fourth-order valence-electron chi connectivity index (χ4n) is 1.66. The van der Waals surface area contributed by atoms with Gasteiger partial charge in [-0.25, -0.2) is 4.39 Å². The molecule has 1 unspecified atom stereocenters. The third-order valence-electron chi connectivity index (χ3n) is 2.53. The number of halogens is 8. The fourth-order valence-corrected chi connectivity index (χ4v) is 1.86. The van der Waals surface area contributed by atoms with Gasteiger partial charge in [0, 0.05) is 11.4 Å². The summed E-state index contributed by atoms with van der Waals surface area (Å²) in [7, 11) is 0. The summed E-state index contributed by atoms with van der Waals surface area (Å²) < 4.78 is 87.3. The van der Waals surface area contributed by atoms with Gasteiger partial charge in [-0.2, -0.15) is 26.3 Å². The molecule has 1 nitrogen and oxygen atoms in total. The average molecular weight is 325 g/mol. The Morgan fingerprint density at radius 2 is 1.55 bits per heavy atom. The standard InChI is InChI=1S/C11H8ClF7O/c12-6-1-2-7(13)5(3-6)4-8(20)9(10(14,15)16)11(17,18)19/h1-3,8-9,20H,4H2. The molecule has 20 heavy (non-hydrogen) atoms. The summed E-state index contributed by atoms with van der Waals surface area (Å²) in [5.41, 5.74) is -0.525. The van der Waals surface area contributed by atoms with Crippen LogP contribution in [0.3, 0.4) is 0 Å². The highest BCUT2D eigenvalue weighted by Gasteiger charge is 2.60. The second-order valence-corrected chi connectivity index (χ2v) is 4.50. The molecule has 1 atom stereocenters. The van der Waals surface area contributed by atoms with Crippen molar-refractivity contribution in [3.63, 3.8) is 0 Å². The number of alkyl halides is 6. The molecule has 9 heteroatoms. The first-order valence-corrected chi connectivity index (χ1v) is 5.56. The smallest absolute Gasteiger partial charge is 0.392 e. The van der Waals surface area contributed by atoms with Gasteiger partial charge in [-0.05, 0) is 23.8 Å².